The molecule has 0 amide bonds. The third-order valence-corrected chi connectivity index (χ3v) is 8.44. The lowest BCUT2D eigenvalue weighted by molar-refractivity contribution is 0.0975. The van der Waals surface area contributed by atoms with Crippen molar-refractivity contribution < 1.29 is 13.5 Å². The summed E-state index contributed by atoms with van der Waals surface area (Å²) in [7, 11) is -3.40. The monoisotopic (exact) mass is 329 g/mol. The molecule has 1 aliphatic heterocycles. The topological polar surface area (TPSA) is 57.6 Å². The van der Waals surface area contributed by atoms with Crippen LogP contribution >= 0.6 is 11.3 Å². The highest BCUT2D eigenvalue weighted by Crippen LogP contribution is 2.39. The summed E-state index contributed by atoms with van der Waals surface area (Å²) in [6, 6.07) is 3.63. The molecule has 118 valence electrons. The van der Waals surface area contributed by atoms with E-state index in [2.05, 4.69) is 0 Å². The second kappa shape index (κ2) is 5.99. The summed E-state index contributed by atoms with van der Waals surface area (Å²) in [5.74, 6) is 0.118. The van der Waals surface area contributed by atoms with Crippen LogP contribution in [0.3, 0.4) is 0 Å². The first-order valence-electron chi connectivity index (χ1n) is 7.82. The summed E-state index contributed by atoms with van der Waals surface area (Å²) in [5.41, 5.74) is 0. The summed E-state index contributed by atoms with van der Waals surface area (Å²) >= 11 is 1.38. The Labute approximate surface area is 130 Å². The number of nitrogens with zero attached hydrogens (tertiary/aromatic N) is 1. The van der Waals surface area contributed by atoms with E-state index in [0.717, 1.165) is 43.4 Å². The Hall–Kier alpha value is -0.430. The minimum atomic E-state index is -3.40. The second-order valence-electron chi connectivity index (χ2n) is 6.06. The Morgan fingerprint density at radius 2 is 2.10 bits per heavy atom. The maximum Gasteiger partial charge on any atom is 0.252 e. The molecule has 21 heavy (non-hydrogen) atoms. The molecule has 3 atom stereocenters. The van der Waals surface area contributed by atoms with Crippen LogP contribution in [0.2, 0.25) is 0 Å². The lowest BCUT2D eigenvalue weighted by atomic mass is 9.95. The zero-order chi connectivity index (χ0) is 15.0. The molecule has 1 aromatic heterocycles. The van der Waals surface area contributed by atoms with Crippen molar-refractivity contribution in [1.82, 2.24) is 4.31 Å². The van der Waals surface area contributed by atoms with E-state index in [0.29, 0.717) is 10.8 Å². The van der Waals surface area contributed by atoms with Crippen LogP contribution in [0.1, 0.15) is 43.9 Å². The number of aliphatic hydroxyl groups excluding tert-OH is 1. The van der Waals surface area contributed by atoms with Crippen molar-refractivity contribution in [3.8, 4) is 0 Å². The number of hydrogen-bond acceptors (Lipinski definition) is 4. The first-order valence-corrected chi connectivity index (χ1v) is 10.1. The molecule has 1 saturated heterocycles. The normalized spacial score (nSPS) is 31.0. The molecule has 1 N–H and O–H groups in total. The van der Waals surface area contributed by atoms with E-state index < -0.39 is 10.0 Å². The highest BCUT2D eigenvalue weighted by molar-refractivity contribution is 7.91. The SMILES string of the molecule is CCc1ccc(S(=O)(=O)N2CCCC2C2CCCC2O)s1. The molecule has 2 heterocycles. The Bertz CT molecular complexity index is 596. The number of aryl methyl sites for hydroxylation is 1. The van der Waals surface area contributed by atoms with Gasteiger partial charge in [-0.05, 0) is 44.2 Å². The minimum Gasteiger partial charge on any atom is -0.393 e. The van der Waals surface area contributed by atoms with Gasteiger partial charge in [0.15, 0.2) is 0 Å². The van der Waals surface area contributed by atoms with Gasteiger partial charge in [-0.2, -0.15) is 4.31 Å². The van der Waals surface area contributed by atoms with Crippen molar-refractivity contribution in [2.45, 2.75) is 61.8 Å². The molecule has 3 unspecified atom stereocenters. The van der Waals surface area contributed by atoms with Gasteiger partial charge in [-0.25, -0.2) is 8.42 Å². The number of aliphatic hydroxyl groups is 1. The predicted molar refractivity (Wildman–Crippen MR) is 84.0 cm³/mol. The molecular formula is C15H23NO3S2. The maximum atomic E-state index is 12.9. The van der Waals surface area contributed by atoms with Crippen LogP contribution in [0.5, 0.6) is 0 Å². The average Bonchev–Trinajstić information content (AvgIpc) is 3.18. The van der Waals surface area contributed by atoms with Crippen LogP contribution in [0, 0.1) is 5.92 Å². The molecule has 0 radical (unpaired) electrons. The van der Waals surface area contributed by atoms with E-state index in [-0.39, 0.29) is 18.1 Å². The Morgan fingerprint density at radius 1 is 1.29 bits per heavy atom. The number of sulfonamides is 1. The lowest BCUT2D eigenvalue weighted by Gasteiger charge is -2.30. The van der Waals surface area contributed by atoms with Gasteiger partial charge in [0.05, 0.1) is 6.10 Å². The molecule has 2 aliphatic rings. The Kier molecular flexibility index (Phi) is 4.41. The predicted octanol–water partition coefficient (Wildman–Crippen LogP) is 2.62. The van der Waals surface area contributed by atoms with Crippen LogP contribution in [-0.2, 0) is 16.4 Å². The maximum absolute atomic E-state index is 12.9. The zero-order valence-corrected chi connectivity index (χ0v) is 14.0. The average molecular weight is 329 g/mol. The number of rotatable bonds is 4. The Morgan fingerprint density at radius 3 is 2.71 bits per heavy atom. The van der Waals surface area contributed by atoms with Crippen molar-refractivity contribution in [3.63, 3.8) is 0 Å². The van der Waals surface area contributed by atoms with Crippen molar-refractivity contribution in [1.29, 1.82) is 0 Å². The summed E-state index contributed by atoms with van der Waals surface area (Å²) in [6.45, 7) is 2.63. The fourth-order valence-electron chi connectivity index (χ4n) is 3.71. The molecule has 0 bridgehead atoms. The molecule has 3 rings (SSSR count). The van der Waals surface area contributed by atoms with Crippen LogP contribution in [0.25, 0.3) is 0 Å². The van der Waals surface area contributed by atoms with E-state index in [1.54, 1.807) is 10.4 Å². The first-order chi connectivity index (χ1) is 10.0. The van der Waals surface area contributed by atoms with Gasteiger partial charge in [-0.15, -0.1) is 11.3 Å². The lowest BCUT2D eigenvalue weighted by Crippen LogP contribution is -2.42. The summed E-state index contributed by atoms with van der Waals surface area (Å²) < 4.78 is 27.9. The molecular weight excluding hydrogens is 306 g/mol. The highest BCUT2D eigenvalue weighted by atomic mass is 32.2. The third-order valence-electron chi connectivity index (χ3n) is 4.82. The second-order valence-corrected chi connectivity index (χ2v) is 9.35. The minimum absolute atomic E-state index is 0.0142. The summed E-state index contributed by atoms with van der Waals surface area (Å²) in [5, 5.41) is 10.1. The van der Waals surface area contributed by atoms with E-state index in [9.17, 15) is 13.5 Å². The highest BCUT2D eigenvalue weighted by Gasteiger charge is 2.43. The smallest absolute Gasteiger partial charge is 0.252 e. The van der Waals surface area contributed by atoms with E-state index in [1.807, 2.05) is 13.0 Å². The summed E-state index contributed by atoms with van der Waals surface area (Å²) in [4.78, 5) is 1.10. The van der Waals surface area contributed by atoms with Crippen LogP contribution in [0.4, 0.5) is 0 Å². The molecule has 2 fully saturated rings. The number of hydrogen-bond donors (Lipinski definition) is 1. The fourth-order valence-corrected chi connectivity index (χ4v) is 6.88. The van der Waals surface area contributed by atoms with Gasteiger partial charge in [0.2, 0.25) is 0 Å². The zero-order valence-electron chi connectivity index (χ0n) is 12.4. The van der Waals surface area contributed by atoms with E-state index in [1.165, 1.54) is 11.3 Å². The molecule has 1 saturated carbocycles. The fraction of sp³-hybridized carbons (Fsp3) is 0.733. The van der Waals surface area contributed by atoms with Crippen molar-refractivity contribution in [3.05, 3.63) is 17.0 Å². The van der Waals surface area contributed by atoms with Crippen LogP contribution in [0.15, 0.2) is 16.3 Å². The van der Waals surface area contributed by atoms with Gasteiger partial charge >= 0.3 is 0 Å². The molecule has 0 aromatic carbocycles. The van der Waals surface area contributed by atoms with Crippen molar-refractivity contribution >= 4 is 21.4 Å². The van der Waals surface area contributed by atoms with Crippen LogP contribution in [-0.4, -0.2) is 36.5 Å². The molecule has 1 aliphatic carbocycles. The largest absolute Gasteiger partial charge is 0.393 e. The first kappa shape index (κ1) is 15.5. The quantitative estimate of drug-likeness (QED) is 0.924. The molecule has 1 aromatic rings. The number of thiophene rings is 1. The Balaban J connectivity index is 1.86. The van der Waals surface area contributed by atoms with Gasteiger partial charge in [0.25, 0.3) is 10.0 Å². The summed E-state index contributed by atoms with van der Waals surface area (Å²) in [6.07, 6.45) is 5.09. The molecule has 6 heteroatoms. The van der Waals surface area contributed by atoms with Crippen molar-refractivity contribution in [2.75, 3.05) is 6.54 Å². The van der Waals surface area contributed by atoms with Gasteiger partial charge in [-0.1, -0.05) is 13.3 Å². The van der Waals surface area contributed by atoms with E-state index >= 15 is 0 Å². The van der Waals surface area contributed by atoms with Crippen LogP contribution < -0.4 is 0 Å². The van der Waals surface area contributed by atoms with Gasteiger partial charge < -0.3 is 5.11 Å². The molecule has 4 nitrogen and oxygen atoms in total. The standard InChI is InChI=1S/C15H23NO3S2/c1-2-11-8-9-15(20-11)21(18,19)16-10-4-6-13(16)12-5-3-7-14(12)17/h8-9,12-14,17H,2-7,10H2,1H3. The van der Waals surface area contributed by atoms with Gasteiger partial charge in [0, 0.05) is 23.4 Å². The van der Waals surface area contributed by atoms with Gasteiger partial charge in [0.1, 0.15) is 4.21 Å². The van der Waals surface area contributed by atoms with Crippen molar-refractivity contribution in [2.24, 2.45) is 5.92 Å². The van der Waals surface area contributed by atoms with Gasteiger partial charge in [-0.3, -0.25) is 0 Å². The third kappa shape index (κ3) is 2.79. The molecule has 0 spiro atoms. The van der Waals surface area contributed by atoms with E-state index in [4.69, 9.17) is 0 Å².